The third-order valence-electron chi connectivity index (χ3n) is 13.3. The van der Waals surface area contributed by atoms with Gasteiger partial charge in [-0.05, 0) is 100 Å². The Morgan fingerprint density at radius 1 is 0.684 bits per heavy atom. The van der Waals surface area contributed by atoms with Gasteiger partial charge < -0.3 is 19.1 Å². The quantitative estimate of drug-likeness (QED) is 0.158. The average molecular weight is 770 g/mol. The van der Waals surface area contributed by atoms with Crippen LogP contribution in [-0.2, 0) is 15.8 Å². The number of methoxy groups -OCH3 is 1. The lowest BCUT2D eigenvalue weighted by Crippen LogP contribution is -2.37. The van der Waals surface area contributed by atoms with E-state index in [0.29, 0.717) is 0 Å². The van der Waals surface area contributed by atoms with Crippen molar-refractivity contribution in [3.05, 3.63) is 149 Å². The van der Waals surface area contributed by atoms with E-state index in [1.807, 2.05) is 11.8 Å². The van der Waals surface area contributed by atoms with Crippen molar-refractivity contribution in [3.8, 4) is 33.8 Å². The summed E-state index contributed by atoms with van der Waals surface area (Å²) in [6.45, 7) is 3.31. The zero-order valence-corrected chi connectivity index (χ0v) is 34.0. The van der Waals surface area contributed by atoms with Crippen molar-refractivity contribution in [2.75, 3.05) is 44.6 Å². The van der Waals surface area contributed by atoms with Crippen LogP contribution in [0.5, 0.6) is 11.5 Å². The van der Waals surface area contributed by atoms with Gasteiger partial charge >= 0.3 is 0 Å². The van der Waals surface area contributed by atoms with Crippen molar-refractivity contribution in [2.24, 2.45) is 0 Å². The summed E-state index contributed by atoms with van der Waals surface area (Å²) >= 11 is 1.84. The van der Waals surface area contributed by atoms with Crippen LogP contribution in [0.1, 0.15) is 79.2 Å². The maximum absolute atomic E-state index is 7.90. The molecule has 288 valence electrons. The van der Waals surface area contributed by atoms with E-state index in [4.69, 9.17) is 14.2 Å². The fourth-order valence-electron chi connectivity index (χ4n) is 10.5. The number of nitrogens with zero attached hydrogens (tertiary/aromatic N) is 1. The summed E-state index contributed by atoms with van der Waals surface area (Å²) in [7, 11) is 1.73. The Bertz CT molecular complexity index is 2440. The zero-order valence-electron chi connectivity index (χ0n) is 33.2. The second-order valence-corrected chi connectivity index (χ2v) is 17.1. The van der Waals surface area contributed by atoms with Crippen molar-refractivity contribution < 1.29 is 14.2 Å². The van der Waals surface area contributed by atoms with Gasteiger partial charge in [0.1, 0.15) is 11.5 Å². The second-order valence-electron chi connectivity index (χ2n) is 16.3. The number of thioether (sulfide) groups is 1. The van der Waals surface area contributed by atoms with Gasteiger partial charge in [-0.15, -0.1) is 11.8 Å². The summed E-state index contributed by atoms with van der Waals surface area (Å²) in [5.74, 6) is 1.81. The van der Waals surface area contributed by atoms with Crippen molar-refractivity contribution in [1.82, 2.24) is 0 Å². The van der Waals surface area contributed by atoms with E-state index in [2.05, 4.69) is 139 Å². The number of rotatable bonds is 6. The van der Waals surface area contributed by atoms with E-state index in [-0.39, 0.29) is 5.41 Å². The van der Waals surface area contributed by atoms with Gasteiger partial charge in [-0.2, -0.15) is 0 Å². The molecule has 4 nitrogen and oxygen atoms in total. The number of fused-ring (bicyclic) bond motifs is 10. The molecule has 6 aromatic rings. The molecule has 10 rings (SSSR count). The van der Waals surface area contributed by atoms with Gasteiger partial charge in [-0.25, -0.2) is 0 Å². The SMILES string of the molecule is COc1ccc(C2(c3ccc(N4CCOCC4)cc3)C=Cc3c4c(c5cc(SC)c(-c6ccccc6)cc5c3O2)-c2ccccc2C42CCCCCCCC2)cc1. The molecule has 0 bridgehead atoms. The average Bonchev–Trinajstić information content (AvgIpc) is 3.63. The molecule has 4 aliphatic rings. The van der Waals surface area contributed by atoms with Crippen LogP contribution in [0.2, 0.25) is 0 Å². The number of hydrogen-bond acceptors (Lipinski definition) is 5. The van der Waals surface area contributed by atoms with Crippen LogP contribution >= 0.6 is 11.8 Å². The molecule has 1 saturated heterocycles. The fourth-order valence-corrected chi connectivity index (χ4v) is 11.1. The second kappa shape index (κ2) is 15.1. The summed E-state index contributed by atoms with van der Waals surface area (Å²) in [5.41, 5.74) is 12.0. The van der Waals surface area contributed by atoms with Crippen LogP contribution in [0.25, 0.3) is 39.1 Å². The molecule has 0 amide bonds. The third-order valence-corrected chi connectivity index (χ3v) is 14.1. The first kappa shape index (κ1) is 36.4. The molecule has 1 unspecified atom stereocenters. The first-order valence-electron chi connectivity index (χ1n) is 21.0. The van der Waals surface area contributed by atoms with Crippen molar-refractivity contribution in [3.63, 3.8) is 0 Å². The van der Waals surface area contributed by atoms with E-state index < -0.39 is 5.60 Å². The number of benzene rings is 6. The standard InChI is InChI=1S/C52H51NO3S/c1-54-40-24-20-38(21-25-40)52(37-18-22-39(23-19-37)53-30-32-55-33-31-53)29-26-42-49-48(41-16-10-11-17-46(41)51(49)27-12-5-3-4-6-13-28-51)44-35-47(57-2)43(34-45(44)50(42)56-52)36-14-8-7-9-15-36/h7-11,14-26,29,34-35H,3-6,12-13,27-28,30-33H2,1-2H3. The highest BCUT2D eigenvalue weighted by Crippen LogP contribution is 2.62. The minimum absolute atomic E-state index is 0.0697. The van der Waals surface area contributed by atoms with Crippen LogP contribution in [0.15, 0.2) is 126 Å². The van der Waals surface area contributed by atoms with E-state index >= 15 is 0 Å². The monoisotopic (exact) mass is 769 g/mol. The molecule has 0 N–H and O–H groups in total. The molecule has 2 heterocycles. The normalized spacial score (nSPS) is 19.9. The highest BCUT2D eigenvalue weighted by molar-refractivity contribution is 7.98. The lowest BCUT2D eigenvalue weighted by molar-refractivity contribution is 0.122. The highest BCUT2D eigenvalue weighted by Gasteiger charge is 2.48. The molecular formula is C52H51NO3S. The zero-order chi connectivity index (χ0) is 38.4. The Morgan fingerprint density at radius 3 is 2.05 bits per heavy atom. The molecule has 2 aliphatic carbocycles. The summed E-state index contributed by atoms with van der Waals surface area (Å²) in [6, 6.07) is 42.7. The van der Waals surface area contributed by atoms with Gasteiger partial charge in [0.2, 0.25) is 0 Å². The Kier molecular flexibility index (Phi) is 9.62. The number of anilines is 1. The van der Waals surface area contributed by atoms with Crippen LogP contribution in [0, 0.1) is 0 Å². The number of morpholine rings is 1. The number of ether oxygens (including phenoxy) is 3. The van der Waals surface area contributed by atoms with Crippen LogP contribution < -0.4 is 14.4 Å². The topological polar surface area (TPSA) is 30.9 Å². The maximum atomic E-state index is 7.90. The summed E-state index contributed by atoms with van der Waals surface area (Å²) in [6.07, 6.45) is 17.1. The summed E-state index contributed by atoms with van der Waals surface area (Å²) < 4.78 is 19.2. The summed E-state index contributed by atoms with van der Waals surface area (Å²) in [4.78, 5) is 3.70. The predicted molar refractivity (Wildman–Crippen MR) is 237 cm³/mol. The Hall–Kier alpha value is -4.97. The van der Waals surface area contributed by atoms with Gasteiger partial charge in [-0.3, -0.25) is 0 Å². The lowest BCUT2D eigenvalue weighted by Gasteiger charge is -2.40. The van der Waals surface area contributed by atoms with E-state index in [0.717, 1.165) is 61.8 Å². The largest absolute Gasteiger partial charge is 0.497 e. The fraction of sp³-hybridized carbons (Fsp3) is 0.308. The minimum atomic E-state index is -0.869. The number of hydrogen-bond donors (Lipinski definition) is 0. The van der Waals surface area contributed by atoms with Crippen molar-refractivity contribution in [1.29, 1.82) is 0 Å². The molecule has 2 aliphatic heterocycles. The van der Waals surface area contributed by atoms with Gasteiger partial charge in [0.05, 0.1) is 20.3 Å². The first-order chi connectivity index (χ1) is 28.1. The molecule has 6 aromatic carbocycles. The minimum Gasteiger partial charge on any atom is -0.497 e. The first-order valence-corrected chi connectivity index (χ1v) is 22.2. The molecule has 1 atom stereocenters. The molecule has 5 heteroatoms. The van der Waals surface area contributed by atoms with E-state index in [1.165, 1.54) is 98.8 Å². The van der Waals surface area contributed by atoms with Crippen molar-refractivity contribution >= 4 is 34.3 Å². The molecular weight excluding hydrogens is 719 g/mol. The molecule has 0 radical (unpaired) electrons. The third kappa shape index (κ3) is 6.08. The van der Waals surface area contributed by atoms with Crippen molar-refractivity contribution in [2.45, 2.75) is 67.3 Å². The van der Waals surface area contributed by atoms with Gasteiger partial charge in [-0.1, -0.05) is 123 Å². The Balaban J connectivity index is 1.26. The van der Waals surface area contributed by atoms with Gasteiger partial charge in [0.15, 0.2) is 5.60 Å². The maximum Gasteiger partial charge on any atom is 0.178 e. The van der Waals surface area contributed by atoms with Gasteiger partial charge in [0.25, 0.3) is 0 Å². The molecule has 57 heavy (non-hydrogen) atoms. The van der Waals surface area contributed by atoms with Crippen LogP contribution in [0.3, 0.4) is 0 Å². The summed E-state index contributed by atoms with van der Waals surface area (Å²) in [5, 5.41) is 2.46. The van der Waals surface area contributed by atoms with Gasteiger partial charge in [0, 0.05) is 51.2 Å². The predicted octanol–water partition coefficient (Wildman–Crippen LogP) is 12.8. The molecule has 1 saturated carbocycles. The van der Waals surface area contributed by atoms with E-state index in [9.17, 15) is 0 Å². The molecule has 2 fully saturated rings. The Labute approximate surface area is 341 Å². The lowest BCUT2D eigenvalue weighted by atomic mass is 9.68. The molecule has 1 spiro atoms. The van der Waals surface area contributed by atoms with Crippen LogP contribution in [-0.4, -0.2) is 39.7 Å². The van der Waals surface area contributed by atoms with E-state index in [1.54, 1.807) is 7.11 Å². The van der Waals surface area contributed by atoms with Crippen LogP contribution in [0.4, 0.5) is 5.69 Å². The Morgan fingerprint density at radius 2 is 1.35 bits per heavy atom. The molecule has 0 aromatic heterocycles. The highest BCUT2D eigenvalue weighted by atomic mass is 32.2. The smallest absolute Gasteiger partial charge is 0.178 e.